The number of rotatable bonds is 5. The Hall–Kier alpha value is -1.10. The molecule has 1 saturated heterocycles. The summed E-state index contributed by atoms with van der Waals surface area (Å²) in [4.78, 5) is 15.8. The third-order valence-electron chi connectivity index (χ3n) is 2.31. The van der Waals surface area contributed by atoms with Gasteiger partial charge in [-0.2, -0.15) is 0 Å². The number of guanidine groups is 1. The molecule has 0 bridgehead atoms. The molecule has 2 unspecified atom stereocenters. The van der Waals surface area contributed by atoms with E-state index in [0.29, 0.717) is 12.6 Å². The Labute approximate surface area is 90.3 Å². The van der Waals surface area contributed by atoms with Crippen LogP contribution < -0.4 is 10.6 Å². The summed E-state index contributed by atoms with van der Waals surface area (Å²) < 4.78 is 5.02. The SMILES string of the molecule is CCCN=C1NC(=O)C(C(C)COC)N1. The van der Waals surface area contributed by atoms with E-state index < -0.39 is 0 Å². The van der Waals surface area contributed by atoms with E-state index in [1.54, 1.807) is 7.11 Å². The van der Waals surface area contributed by atoms with Gasteiger partial charge in [-0.1, -0.05) is 13.8 Å². The molecule has 1 rings (SSSR count). The van der Waals surface area contributed by atoms with Gasteiger partial charge in [0.25, 0.3) is 0 Å². The molecule has 1 fully saturated rings. The van der Waals surface area contributed by atoms with Gasteiger partial charge in [0, 0.05) is 19.6 Å². The fourth-order valence-corrected chi connectivity index (χ4v) is 1.51. The third kappa shape index (κ3) is 3.20. The van der Waals surface area contributed by atoms with Crippen molar-refractivity contribution in [1.82, 2.24) is 10.6 Å². The molecule has 0 spiro atoms. The molecule has 0 aromatic carbocycles. The number of nitrogens with zero attached hydrogens (tertiary/aromatic N) is 1. The molecule has 1 heterocycles. The molecule has 0 aromatic rings. The average molecular weight is 213 g/mol. The summed E-state index contributed by atoms with van der Waals surface area (Å²) in [6.45, 7) is 5.31. The number of carbonyl (C=O) groups is 1. The van der Waals surface area contributed by atoms with Crippen LogP contribution >= 0.6 is 0 Å². The molecule has 2 atom stereocenters. The minimum atomic E-state index is -0.222. The minimum absolute atomic E-state index is 0.0191. The summed E-state index contributed by atoms with van der Waals surface area (Å²) in [6.07, 6.45) is 0.972. The van der Waals surface area contributed by atoms with E-state index >= 15 is 0 Å². The third-order valence-corrected chi connectivity index (χ3v) is 2.31. The maximum absolute atomic E-state index is 11.6. The highest BCUT2D eigenvalue weighted by molar-refractivity contribution is 6.06. The van der Waals surface area contributed by atoms with Crippen molar-refractivity contribution >= 4 is 11.9 Å². The molecule has 0 aliphatic carbocycles. The van der Waals surface area contributed by atoms with Crippen molar-refractivity contribution in [3.05, 3.63) is 0 Å². The van der Waals surface area contributed by atoms with Crippen molar-refractivity contribution in [2.75, 3.05) is 20.3 Å². The highest BCUT2D eigenvalue weighted by Gasteiger charge is 2.32. The summed E-state index contributed by atoms with van der Waals surface area (Å²) in [5.74, 6) is 0.716. The van der Waals surface area contributed by atoms with Crippen molar-refractivity contribution in [2.45, 2.75) is 26.3 Å². The van der Waals surface area contributed by atoms with Gasteiger partial charge >= 0.3 is 0 Å². The number of hydrogen-bond acceptors (Lipinski definition) is 3. The normalized spacial score (nSPS) is 25.1. The first-order valence-corrected chi connectivity index (χ1v) is 5.29. The van der Waals surface area contributed by atoms with Gasteiger partial charge in [-0.05, 0) is 6.42 Å². The van der Waals surface area contributed by atoms with Crippen molar-refractivity contribution < 1.29 is 9.53 Å². The standard InChI is InChI=1S/C10H19N3O2/c1-4-5-11-10-12-8(9(14)13-10)7(2)6-15-3/h7-8H,4-6H2,1-3H3,(H2,11,12,13,14). The minimum Gasteiger partial charge on any atom is -0.384 e. The van der Waals surface area contributed by atoms with E-state index in [1.165, 1.54) is 0 Å². The van der Waals surface area contributed by atoms with Gasteiger partial charge in [0.15, 0.2) is 5.96 Å². The quantitative estimate of drug-likeness (QED) is 0.682. The molecule has 5 nitrogen and oxygen atoms in total. The molecule has 0 saturated carbocycles. The summed E-state index contributed by atoms with van der Waals surface area (Å²) in [6, 6.07) is -0.222. The van der Waals surface area contributed by atoms with Crippen LogP contribution in [0.5, 0.6) is 0 Å². The number of amides is 1. The Balaban J connectivity index is 2.52. The van der Waals surface area contributed by atoms with Crippen LogP contribution in [0, 0.1) is 5.92 Å². The molecule has 1 amide bonds. The van der Waals surface area contributed by atoms with Crippen LogP contribution in [-0.2, 0) is 9.53 Å². The molecule has 0 aromatic heterocycles. The van der Waals surface area contributed by atoms with Crippen molar-refractivity contribution in [3.63, 3.8) is 0 Å². The number of hydrogen-bond donors (Lipinski definition) is 2. The van der Waals surface area contributed by atoms with Crippen LogP contribution in [-0.4, -0.2) is 38.2 Å². The molecule has 2 N–H and O–H groups in total. The molecule has 1 aliphatic heterocycles. The molecule has 86 valence electrons. The largest absolute Gasteiger partial charge is 0.384 e. The van der Waals surface area contributed by atoms with Crippen LogP contribution in [0.1, 0.15) is 20.3 Å². The maximum atomic E-state index is 11.6. The predicted octanol–water partition coefficient (Wildman–Crippen LogP) is 0.123. The zero-order valence-electron chi connectivity index (χ0n) is 9.54. The Morgan fingerprint density at radius 1 is 1.60 bits per heavy atom. The van der Waals surface area contributed by atoms with Gasteiger partial charge in [-0.15, -0.1) is 0 Å². The smallest absolute Gasteiger partial charge is 0.249 e. The van der Waals surface area contributed by atoms with Crippen LogP contribution in [0.4, 0.5) is 0 Å². The van der Waals surface area contributed by atoms with E-state index in [0.717, 1.165) is 13.0 Å². The number of ether oxygens (including phenoxy) is 1. The Bertz CT molecular complexity index is 253. The first-order valence-electron chi connectivity index (χ1n) is 5.29. The summed E-state index contributed by atoms with van der Waals surface area (Å²) in [7, 11) is 1.63. The van der Waals surface area contributed by atoms with Crippen molar-refractivity contribution in [2.24, 2.45) is 10.9 Å². The number of aliphatic imine (C=N–C) groups is 1. The first kappa shape index (κ1) is 12.0. The highest BCUT2D eigenvalue weighted by Crippen LogP contribution is 2.07. The van der Waals surface area contributed by atoms with E-state index in [4.69, 9.17) is 4.74 Å². The lowest BCUT2D eigenvalue weighted by molar-refractivity contribution is -0.121. The van der Waals surface area contributed by atoms with Crippen LogP contribution in [0.15, 0.2) is 4.99 Å². The number of nitrogens with one attached hydrogen (secondary N) is 2. The van der Waals surface area contributed by atoms with E-state index in [9.17, 15) is 4.79 Å². The van der Waals surface area contributed by atoms with Gasteiger partial charge in [0.2, 0.25) is 5.91 Å². The number of carbonyl (C=O) groups excluding carboxylic acids is 1. The van der Waals surface area contributed by atoms with Crippen molar-refractivity contribution in [3.8, 4) is 0 Å². The lowest BCUT2D eigenvalue weighted by atomic mass is 10.0. The van der Waals surface area contributed by atoms with E-state index in [2.05, 4.69) is 15.6 Å². The molecule has 5 heteroatoms. The van der Waals surface area contributed by atoms with Crippen LogP contribution in [0.2, 0.25) is 0 Å². The Morgan fingerprint density at radius 3 is 2.93 bits per heavy atom. The topological polar surface area (TPSA) is 62.7 Å². The zero-order chi connectivity index (χ0) is 11.3. The fraction of sp³-hybridized carbons (Fsp3) is 0.800. The molecular formula is C10H19N3O2. The summed E-state index contributed by atoms with van der Waals surface area (Å²) >= 11 is 0. The second-order valence-corrected chi connectivity index (χ2v) is 3.77. The Morgan fingerprint density at radius 2 is 2.33 bits per heavy atom. The van der Waals surface area contributed by atoms with E-state index in [-0.39, 0.29) is 17.9 Å². The van der Waals surface area contributed by atoms with Gasteiger partial charge in [0.05, 0.1) is 6.61 Å². The Kier molecular flexibility index (Phi) is 4.55. The first-order chi connectivity index (χ1) is 7.19. The van der Waals surface area contributed by atoms with Gasteiger partial charge in [-0.3, -0.25) is 15.1 Å². The summed E-state index contributed by atoms with van der Waals surface area (Å²) in [5, 5.41) is 5.79. The fourth-order valence-electron chi connectivity index (χ4n) is 1.51. The lowest BCUT2D eigenvalue weighted by Gasteiger charge is -2.15. The maximum Gasteiger partial charge on any atom is 0.249 e. The van der Waals surface area contributed by atoms with Gasteiger partial charge in [0.1, 0.15) is 6.04 Å². The molecule has 1 aliphatic rings. The summed E-state index contributed by atoms with van der Waals surface area (Å²) in [5.41, 5.74) is 0. The average Bonchev–Trinajstić information content (AvgIpc) is 2.57. The predicted molar refractivity (Wildman–Crippen MR) is 58.7 cm³/mol. The molecule has 0 radical (unpaired) electrons. The zero-order valence-corrected chi connectivity index (χ0v) is 9.54. The van der Waals surface area contributed by atoms with Crippen LogP contribution in [0.3, 0.4) is 0 Å². The lowest BCUT2D eigenvalue weighted by Crippen LogP contribution is -2.37. The highest BCUT2D eigenvalue weighted by atomic mass is 16.5. The molecule has 15 heavy (non-hydrogen) atoms. The number of methoxy groups -OCH3 is 1. The van der Waals surface area contributed by atoms with Crippen LogP contribution in [0.25, 0.3) is 0 Å². The van der Waals surface area contributed by atoms with Crippen molar-refractivity contribution in [1.29, 1.82) is 0 Å². The second-order valence-electron chi connectivity index (χ2n) is 3.77. The van der Waals surface area contributed by atoms with Gasteiger partial charge < -0.3 is 10.1 Å². The monoisotopic (exact) mass is 213 g/mol. The van der Waals surface area contributed by atoms with Gasteiger partial charge in [-0.25, -0.2) is 0 Å². The molecular weight excluding hydrogens is 194 g/mol. The van der Waals surface area contributed by atoms with E-state index in [1.807, 2.05) is 13.8 Å². The second kappa shape index (κ2) is 5.70.